The van der Waals surface area contributed by atoms with Crippen LogP contribution in [-0.4, -0.2) is 29.6 Å². The van der Waals surface area contributed by atoms with E-state index in [0.29, 0.717) is 53.1 Å². The summed E-state index contributed by atoms with van der Waals surface area (Å²) in [4.78, 5) is 25.9. The average Bonchev–Trinajstić information content (AvgIpc) is 2.67. The van der Waals surface area contributed by atoms with Crippen molar-refractivity contribution >= 4 is 28.2 Å². The molecule has 0 amide bonds. The van der Waals surface area contributed by atoms with Gasteiger partial charge in [-0.2, -0.15) is 0 Å². The zero-order valence-electron chi connectivity index (χ0n) is 17.4. The maximum atomic E-state index is 14.0. The number of nitrogens with zero attached hydrogens (tertiary/aromatic N) is 1. The standard InChI is InChI=1S/C23H30ClFN2O2/c1-15(14-26-3)27-13-10-17-18(22(27)29)5-6-19(24)21(17)20(28)7-4-16-8-11-23(2,25)12-9-16/h5-6,10,13,15-16,26H,4,7-9,11-12,14H2,1-3H3/t15-,16?,23?/m1/s1. The molecule has 4 nitrogen and oxygen atoms in total. The van der Waals surface area contributed by atoms with E-state index in [1.165, 1.54) is 0 Å². The van der Waals surface area contributed by atoms with Crippen molar-refractivity contribution in [2.75, 3.05) is 13.6 Å². The Kier molecular flexibility index (Phi) is 6.79. The number of carbonyl (C=O) groups excluding carboxylic acids is 1. The van der Waals surface area contributed by atoms with Gasteiger partial charge in [-0.25, -0.2) is 4.39 Å². The van der Waals surface area contributed by atoms with Gasteiger partial charge in [0.25, 0.3) is 5.56 Å². The molecule has 29 heavy (non-hydrogen) atoms. The first-order valence-corrected chi connectivity index (χ1v) is 10.8. The molecule has 1 heterocycles. The predicted octanol–water partition coefficient (Wildman–Crippen LogP) is 5.32. The first-order valence-electron chi connectivity index (χ1n) is 10.4. The third-order valence-electron chi connectivity index (χ3n) is 6.24. The minimum absolute atomic E-state index is 0.000722. The van der Waals surface area contributed by atoms with Gasteiger partial charge in [-0.3, -0.25) is 9.59 Å². The van der Waals surface area contributed by atoms with E-state index in [1.54, 1.807) is 29.8 Å². The van der Waals surface area contributed by atoms with Gasteiger partial charge in [0, 0.05) is 41.5 Å². The lowest BCUT2D eigenvalue weighted by Crippen LogP contribution is -2.29. The number of nitrogens with one attached hydrogen (secondary N) is 1. The number of fused-ring (bicyclic) bond motifs is 1. The average molecular weight is 421 g/mol. The van der Waals surface area contributed by atoms with Crippen molar-refractivity contribution in [1.82, 2.24) is 9.88 Å². The molecule has 1 atom stereocenters. The van der Waals surface area contributed by atoms with Crippen LogP contribution in [0.5, 0.6) is 0 Å². The minimum atomic E-state index is -1.07. The molecular formula is C23H30ClFN2O2. The van der Waals surface area contributed by atoms with Crippen LogP contribution in [0.3, 0.4) is 0 Å². The Labute approximate surface area is 176 Å². The Hall–Kier alpha value is -1.72. The Morgan fingerprint density at radius 3 is 2.66 bits per heavy atom. The van der Waals surface area contributed by atoms with Gasteiger partial charge in [-0.1, -0.05) is 11.6 Å². The Bertz CT molecular complexity index is 944. The molecule has 0 saturated heterocycles. The third kappa shape index (κ3) is 4.89. The highest BCUT2D eigenvalue weighted by Crippen LogP contribution is 2.37. The second-order valence-electron chi connectivity index (χ2n) is 8.64. The second-order valence-corrected chi connectivity index (χ2v) is 9.04. The topological polar surface area (TPSA) is 51.1 Å². The Morgan fingerprint density at radius 1 is 1.31 bits per heavy atom. The highest BCUT2D eigenvalue weighted by Gasteiger charge is 2.30. The van der Waals surface area contributed by atoms with Crippen molar-refractivity contribution in [3.8, 4) is 0 Å². The zero-order valence-corrected chi connectivity index (χ0v) is 18.2. The number of Topliss-reactive ketones (excluding diaryl/α,β-unsaturated/α-hetero) is 1. The molecule has 6 heteroatoms. The van der Waals surface area contributed by atoms with E-state index in [4.69, 9.17) is 11.6 Å². The molecule has 0 aliphatic heterocycles. The quantitative estimate of drug-likeness (QED) is 0.617. The first-order chi connectivity index (χ1) is 13.7. The van der Waals surface area contributed by atoms with Crippen LogP contribution >= 0.6 is 11.6 Å². The van der Waals surface area contributed by atoms with Crippen molar-refractivity contribution in [3.05, 3.63) is 45.3 Å². The van der Waals surface area contributed by atoms with Crippen LogP contribution in [0.1, 0.15) is 68.8 Å². The smallest absolute Gasteiger partial charge is 0.258 e. The van der Waals surface area contributed by atoms with Crippen LogP contribution in [-0.2, 0) is 0 Å². The molecule has 0 unspecified atom stereocenters. The number of carbonyl (C=O) groups is 1. The molecule has 2 aromatic rings. The summed E-state index contributed by atoms with van der Waals surface area (Å²) in [6, 6.07) is 5.15. The van der Waals surface area contributed by atoms with Crippen molar-refractivity contribution in [2.24, 2.45) is 5.92 Å². The van der Waals surface area contributed by atoms with Gasteiger partial charge in [0.05, 0.1) is 5.02 Å². The Balaban J connectivity index is 1.83. The van der Waals surface area contributed by atoms with Gasteiger partial charge in [-0.15, -0.1) is 0 Å². The van der Waals surface area contributed by atoms with Crippen LogP contribution in [0.2, 0.25) is 5.02 Å². The summed E-state index contributed by atoms with van der Waals surface area (Å²) in [7, 11) is 1.85. The number of ketones is 1. The van der Waals surface area contributed by atoms with Gasteiger partial charge in [-0.05, 0) is 77.1 Å². The van der Waals surface area contributed by atoms with Crippen LogP contribution in [0, 0.1) is 5.92 Å². The van der Waals surface area contributed by atoms with E-state index in [2.05, 4.69) is 5.32 Å². The molecular weight excluding hydrogens is 391 g/mol. The van der Waals surface area contributed by atoms with Gasteiger partial charge < -0.3 is 9.88 Å². The monoisotopic (exact) mass is 420 g/mol. The highest BCUT2D eigenvalue weighted by atomic mass is 35.5. The minimum Gasteiger partial charge on any atom is -0.318 e. The number of benzene rings is 1. The fraction of sp³-hybridized carbons (Fsp3) is 0.565. The second kappa shape index (κ2) is 8.97. The molecule has 3 rings (SSSR count). The number of hydrogen-bond acceptors (Lipinski definition) is 3. The number of aromatic nitrogens is 1. The number of likely N-dealkylation sites (N-methyl/N-ethyl adjacent to an activating group) is 1. The normalized spacial score (nSPS) is 23.3. The van der Waals surface area contributed by atoms with Gasteiger partial charge in [0.15, 0.2) is 5.78 Å². The lowest BCUT2D eigenvalue weighted by atomic mass is 9.78. The molecule has 1 N–H and O–H groups in total. The van der Waals surface area contributed by atoms with Gasteiger partial charge >= 0.3 is 0 Å². The van der Waals surface area contributed by atoms with E-state index in [0.717, 1.165) is 19.3 Å². The molecule has 0 bridgehead atoms. The van der Waals surface area contributed by atoms with Crippen LogP contribution in [0.4, 0.5) is 4.39 Å². The summed E-state index contributed by atoms with van der Waals surface area (Å²) in [5.74, 6) is 0.325. The summed E-state index contributed by atoms with van der Waals surface area (Å²) in [5.41, 5.74) is -0.754. The first kappa shape index (κ1) is 22.0. The van der Waals surface area contributed by atoms with Gasteiger partial charge in [0.1, 0.15) is 5.67 Å². The van der Waals surface area contributed by atoms with E-state index in [-0.39, 0.29) is 17.4 Å². The molecule has 0 spiro atoms. The molecule has 1 aliphatic rings. The van der Waals surface area contributed by atoms with Gasteiger partial charge in [0.2, 0.25) is 0 Å². The number of rotatable bonds is 7. The van der Waals surface area contributed by atoms with Crippen LogP contribution in [0.15, 0.2) is 29.2 Å². The largest absolute Gasteiger partial charge is 0.318 e. The van der Waals surface area contributed by atoms with Crippen molar-refractivity contribution in [1.29, 1.82) is 0 Å². The summed E-state index contributed by atoms with van der Waals surface area (Å²) in [5, 5.41) is 4.57. The fourth-order valence-corrected chi connectivity index (χ4v) is 4.64. The van der Waals surface area contributed by atoms with Crippen molar-refractivity contribution in [2.45, 2.75) is 64.1 Å². The maximum Gasteiger partial charge on any atom is 0.258 e. The summed E-state index contributed by atoms with van der Waals surface area (Å²) >= 11 is 6.37. The maximum absolute atomic E-state index is 14.0. The predicted molar refractivity (Wildman–Crippen MR) is 117 cm³/mol. The molecule has 1 fully saturated rings. The fourth-order valence-electron chi connectivity index (χ4n) is 4.37. The molecule has 1 aromatic carbocycles. The number of halogens is 2. The van der Waals surface area contributed by atoms with E-state index in [9.17, 15) is 14.0 Å². The van der Waals surface area contributed by atoms with E-state index >= 15 is 0 Å². The van der Waals surface area contributed by atoms with E-state index in [1.807, 2.05) is 20.0 Å². The lowest BCUT2D eigenvalue weighted by Gasteiger charge is -2.31. The third-order valence-corrected chi connectivity index (χ3v) is 6.56. The van der Waals surface area contributed by atoms with Crippen molar-refractivity contribution < 1.29 is 9.18 Å². The molecule has 1 aromatic heterocycles. The molecule has 1 aliphatic carbocycles. The van der Waals surface area contributed by atoms with E-state index < -0.39 is 5.67 Å². The zero-order chi connectivity index (χ0) is 21.2. The highest BCUT2D eigenvalue weighted by molar-refractivity contribution is 6.35. The summed E-state index contributed by atoms with van der Waals surface area (Å²) in [6.07, 6.45) is 5.60. The summed E-state index contributed by atoms with van der Waals surface area (Å²) in [6.45, 7) is 4.30. The number of alkyl halides is 1. The number of pyridine rings is 1. The molecule has 158 valence electrons. The van der Waals surface area contributed by atoms with Crippen LogP contribution in [0.25, 0.3) is 10.8 Å². The summed E-state index contributed by atoms with van der Waals surface area (Å²) < 4.78 is 15.7. The Morgan fingerprint density at radius 2 is 2.00 bits per heavy atom. The number of hydrogen-bond donors (Lipinski definition) is 1. The SMILES string of the molecule is CNC[C@@H](C)n1ccc2c(C(=O)CCC3CCC(C)(F)CC3)c(Cl)ccc2c1=O. The lowest BCUT2D eigenvalue weighted by molar-refractivity contribution is 0.0906. The van der Waals surface area contributed by atoms with Crippen molar-refractivity contribution in [3.63, 3.8) is 0 Å². The molecule has 0 radical (unpaired) electrons. The van der Waals surface area contributed by atoms with Crippen LogP contribution < -0.4 is 10.9 Å². The molecule has 1 saturated carbocycles.